The van der Waals surface area contributed by atoms with Crippen molar-refractivity contribution in [1.29, 1.82) is 0 Å². The lowest BCUT2D eigenvalue weighted by Crippen LogP contribution is -2.29. The van der Waals surface area contributed by atoms with E-state index in [0.29, 0.717) is 109 Å². The van der Waals surface area contributed by atoms with Crippen LogP contribution in [0.5, 0.6) is 0 Å². The molecule has 15 aromatic rings. The van der Waals surface area contributed by atoms with Crippen molar-refractivity contribution in [3.05, 3.63) is 445 Å². The van der Waals surface area contributed by atoms with Crippen molar-refractivity contribution in [3.8, 4) is 0 Å². The van der Waals surface area contributed by atoms with Gasteiger partial charge in [0.05, 0.1) is 41.4 Å². The number of benzene rings is 8. The molecule has 0 aliphatic rings. The van der Waals surface area contributed by atoms with Gasteiger partial charge in [-0.15, -0.1) is 0 Å². The van der Waals surface area contributed by atoms with Gasteiger partial charge in [-0.05, 0) is 288 Å². The van der Waals surface area contributed by atoms with Crippen molar-refractivity contribution in [2.75, 3.05) is 7.05 Å². The molecule has 15 rings (SSSR count). The summed E-state index contributed by atoms with van der Waals surface area (Å²) in [6.07, 6.45) is 11.0. The topological polar surface area (TPSA) is 229 Å². The molecule has 36 heteroatoms. The predicted molar refractivity (Wildman–Crippen MR) is 579 cm³/mol. The van der Waals surface area contributed by atoms with Gasteiger partial charge in [-0.3, -0.25) is 33.6 Å². The first-order valence-corrected chi connectivity index (χ1v) is 50.7. The minimum Gasteiger partial charge on any atom is -0.347 e. The fraction of sp³-hybridized carbons (Fsp3) is 0.259. The number of nitrogens with zero attached hydrogens (tertiary/aromatic N) is 8. The number of halogens is 15. The van der Waals surface area contributed by atoms with Crippen molar-refractivity contribution in [3.63, 3.8) is 0 Å². The number of rotatable bonds is 28. The normalized spacial score (nSPS) is 11.9. The molecule has 0 fully saturated rings. The minimum atomic E-state index is -0.512. The fourth-order valence-electron chi connectivity index (χ4n) is 15.8. The number of hydrogen-bond acceptors (Lipinski definition) is 7. The summed E-state index contributed by atoms with van der Waals surface area (Å²) >= 11 is 45.3. The van der Waals surface area contributed by atoms with Crippen LogP contribution in [0.4, 0.5) is 30.7 Å². The van der Waals surface area contributed by atoms with E-state index in [2.05, 4.69) is 47.8 Å². The number of carbonyl (C=O) groups is 7. The molecule has 8 aromatic carbocycles. The molecule has 6 N–H and O–H groups in total. The van der Waals surface area contributed by atoms with Crippen molar-refractivity contribution >= 4 is 138 Å². The molecule has 148 heavy (non-hydrogen) atoms. The largest absolute Gasteiger partial charge is 0.347 e. The minimum absolute atomic E-state index is 0.00833. The van der Waals surface area contributed by atoms with E-state index >= 15 is 0 Å². The Kier molecular flexibility index (Phi) is 45.2. The van der Waals surface area contributed by atoms with Gasteiger partial charge in [-0.1, -0.05) is 154 Å². The van der Waals surface area contributed by atoms with E-state index in [1.54, 1.807) is 180 Å². The van der Waals surface area contributed by atoms with E-state index in [0.717, 1.165) is 10.2 Å². The van der Waals surface area contributed by atoms with Crippen LogP contribution < -0.4 is 31.9 Å². The van der Waals surface area contributed by atoms with Crippen molar-refractivity contribution < 1.29 is 64.3 Å². The fourth-order valence-corrected chi connectivity index (χ4v) is 18.3. The number of amides is 7. The highest BCUT2D eigenvalue weighted by atomic mass is 79.9. The average Bonchev–Trinajstić information content (AvgIpc) is 1.43. The van der Waals surface area contributed by atoms with Crippen LogP contribution in [0.2, 0.25) is 35.2 Å². The maximum Gasteiger partial charge on any atom is 0.270 e. The summed E-state index contributed by atoms with van der Waals surface area (Å²) in [4.78, 5) is 87.7. The number of nitrogens with one attached hydrogen (secondary N) is 6. The average molecular weight is 2230 g/mol. The van der Waals surface area contributed by atoms with Gasteiger partial charge in [0.1, 0.15) is 80.6 Å². The van der Waals surface area contributed by atoms with Gasteiger partial charge in [-0.2, -0.15) is 0 Å². The molecule has 782 valence electrons. The molecule has 7 heterocycles. The first-order valence-electron chi connectivity index (χ1n) is 47.2. The van der Waals surface area contributed by atoms with E-state index in [1.165, 1.54) is 59.5 Å². The van der Waals surface area contributed by atoms with Crippen LogP contribution in [0.25, 0.3) is 0 Å². The number of aromatic nitrogens is 7. The molecular weight excluding hydrogens is 2110 g/mol. The Bertz CT molecular complexity index is 6440. The lowest BCUT2D eigenvalue weighted by molar-refractivity contribution is 0.0772. The highest BCUT2D eigenvalue weighted by Gasteiger charge is 2.28. The highest BCUT2D eigenvalue weighted by molar-refractivity contribution is 9.10. The predicted octanol–water partition coefficient (Wildman–Crippen LogP) is 29.3. The number of carbonyl (C=O) groups excluding carboxylic acids is 7. The summed E-state index contributed by atoms with van der Waals surface area (Å²) in [6.45, 7) is 27.7. The van der Waals surface area contributed by atoms with Crippen LogP contribution in [0.1, 0.15) is 269 Å². The summed E-state index contributed by atoms with van der Waals surface area (Å²) < 4.78 is 110. The van der Waals surface area contributed by atoms with Crippen LogP contribution in [0.3, 0.4) is 0 Å². The molecule has 0 aliphatic heterocycles. The zero-order chi connectivity index (χ0) is 109. The van der Waals surface area contributed by atoms with Gasteiger partial charge >= 0.3 is 0 Å². The Balaban J connectivity index is 0.000000192. The Morgan fingerprint density at radius 3 is 0.858 bits per heavy atom. The first kappa shape index (κ1) is 119. The molecule has 7 amide bonds. The number of aryl methyl sites for hydroxylation is 1. The summed E-state index contributed by atoms with van der Waals surface area (Å²) in [6, 6.07) is 64.8. The second kappa shape index (κ2) is 56.4. The monoisotopic (exact) mass is 2230 g/mol. The Hall–Kier alpha value is -13.0. The van der Waals surface area contributed by atoms with Crippen molar-refractivity contribution in [2.45, 2.75) is 177 Å². The maximum absolute atomic E-state index is 13.9. The van der Waals surface area contributed by atoms with Gasteiger partial charge in [0, 0.05) is 169 Å². The number of hydrogen-bond donors (Lipinski definition) is 6. The highest BCUT2D eigenvalue weighted by Crippen LogP contribution is 2.34. The van der Waals surface area contributed by atoms with Crippen LogP contribution in [0.15, 0.2) is 284 Å². The smallest absolute Gasteiger partial charge is 0.270 e. The quantitative estimate of drug-likeness (QED) is 0.0260. The maximum atomic E-state index is 13.9. The van der Waals surface area contributed by atoms with E-state index in [1.807, 2.05) is 188 Å². The SMILES string of the molecule is CC(C)n1cccc1C(=O)N[C@@H](C)c1c(F)cccc1Cl.CC(C)n1cccc1C(=O)N[C@H](C)c1c(F)cccc1Cl.CC(NC(=O)c1cccn1C(C)C)c1c(F)cccc1Cl.CC(NC(=O)c1cccn1C(C)C)c1c(F)cccc1Cl.CC(c1ccccc1)n1cccc1C(=O)NCc1c(F)cccc1Cl.CCn1c(Br)ccc1C(=O)NCc1c(F)cccc1Cl.CN(Cc1c(F)cccc1Cl)C(=O)c1cccn1C. The van der Waals surface area contributed by atoms with Crippen LogP contribution in [-0.2, 0) is 33.2 Å². The lowest BCUT2D eigenvalue weighted by atomic mass is 10.1. The van der Waals surface area contributed by atoms with E-state index < -0.39 is 64.9 Å². The molecule has 7 aromatic heterocycles. The second-order valence-corrected chi connectivity index (χ2v) is 38.9. The zero-order valence-corrected chi connectivity index (χ0v) is 91.1. The third-order valence-corrected chi connectivity index (χ3v) is 26.6. The lowest BCUT2D eigenvalue weighted by Gasteiger charge is -2.18. The van der Waals surface area contributed by atoms with Crippen LogP contribution in [-0.4, -0.2) is 85.3 Å². The summed E-state index contributed by atoms with van der Waals surface area (Å²) in [5.41, 5.74) is 6.98. The van der Waals surface area contributed by atoms with Gasteiger partial charge in [0.25, 0.3) is 41.4 Å². The molecule has 0 saturated heterocycles. The Labute approximate surface area is 901 Å². The first-order chi connectivity index (χ1) is 70.3. The molecule has 3 unspecified atom stereocenters. The van der Waals surface area contributed by atoms with Gasteiger partial charge in [0.2, 0.25) is 0 Å². The van der Waals surface area contributed by atoms with E-state index in [4.69, 9.17) is 81.2 Å². The van der Waals surface area contributed by atoms with Gasteiger partial charge in [0.15, 0.2) is 0 Å². The van der Waals surface area contributed by atoms with E-state index in [9.17, 15) is 64.3 Å². The van der Waals surface area contributed by atoms with Crippen molar-refractivity contribution in [2.24, 2.45) is 7.05 Å². The molecule has 0 saturated carbocycles. The molecular formula is C112H117BrCl7F7N14O7. The molecule has 0 bridgehead atoms. The van der Waals surface area contributed by atoms with Crippen LogP contribution in [0, 0.1) is 40.7 Å². The molecule has 21 nitrogen and oxygen atoms in total. The third kappa shape index (κ3) is 31.8. The molecule has 0 radical (unpaired) electrons. The van der Waals surface area contributed by atoms with Crippen molar-refractivity contribution in [1.82, 2.24) is 68.8 Å². The van der Waals surface area contributed by atoms with Gasteiger partial charge in [-0.25, -0.2) is 30.7 Å². The molecule has 0 aliphatic carbocycles. The summed E-state index contributed by atoms with van der Waals surface area (Å²) in [5.74, 6) is -4.66. The zero-order valence-electron chi connectivity index (χ0n) is 84.2. The standard InChI is InChI=1S/C20H18ClFN2O.4C16H18ClFN2O.C14H13BrClFN2O.C14H14ClFN2O/c1-14(15-7-3-2-4-8-15)24-12-6-11-19(24)20(25)23-13-16-17(21)9-5-10-18(16)22;4*1-10(2)20-9-5-8-14(20)16(21)19-11(3)15-12(17)6-4-7-13(15)18;1-2-19-12(6-7-13(19)15)14(20)18-8-9-10(16)4-3-5-11(9)17;1-17-8-4-7-13(17)14(19)18(2)9-10-11(15)5-3-6-12(10)16/h2-12,14H,13H2,1H3,(H,23,25);4*4-11H,1-3H3,(H,19,21);3-7H,2,8H2,1H3,(H,18,20);3-8H,9H2,1-2H3/t;2*11-;;;;/m.10..../s1. The summed E-state index contributed by atoms with van der Waals surface area (Å²) in [5, 5.41) is 18.7. The van der Waals surface area contributed by atoms with E-state index in [-0.39, 0.29) is 102 Å². The second-order valence-electron chi connectivity index (χ2n) is 35.2. The molecule has 5 atom stereocenters. The Morgan fingerprint density at radius 2 is 0.574 bits per heavy atom. The summed E-state index contributed by atoms with van der Waals surface area (Å²) in [7, 11) is 3.41. The Morgan fingerprint density at radius 1 is 0.304 bits per heavy atom. The molecule has 0 spiro atoms. The third-order valence-electron chi connectivity index (χ3n) is 23.5. The van der Waals surface area contributed by atoms with Crippen LogP contribution >= 0.6 is 97.1 Å². The van der Waals surface area contributed by atoms with Gasteiger partial charge < -0.3 is 68.8 Å².